The highest BCUT2D eigenvalue weighted by molar-refractivity contribution is 7.98. The van der Waals surface area contributed by atoms with Crippen LogP contribution in [0.2, 0.25) is 0 Å². The fraction of sp³-hybridized carbons (Fsp3) is 0.778. The summed E-state index contributed by atoms with van der Waals surface area (Å²) < 4.78 is 9.04. The summed E-state index contributed by atoms with van der Waals surface area (Å²) in [6.45, 7) is 0. The van der Waals surface area contributed by atoms with Crippen molar-refractivity contribution in [3.63, 3.8) is 0 Å². The molecule has 4 nitrogen and oxygen atoms in total. The molecule has 0 unspecified atom stereocenters. The first kappa shape index (κ1) is 13.3. The van der Waals surface area contributed by atoms with Gasteiger partial charge in [-0.2, -0.15) is 11.8 Å². The van der Waals surface area contributed by atoms with Gasteiger partial charge in [-0.15, -0.1) is 0 Å². The molecule has 0 bridgehead atoms. The molecule has 0 radical (unpaired) electrons. The van der Waals surface area contributed by atoms with Gasteiger partial charge in [0.25, 0.3) is 0 Å². The molecule has 0 aliphatic carbocycles. The third-order valence-electron chi connectivity index (χ3n) is 1.81. The third kappa shape index (κ3) is 4.50. The largest absolute Gasteiger partial charge is 0.468 e. The zero-order valence-electron chi connectivity index (χ0n) is 8.74. The van der Waals surface area contributed by atoms with Crippen LogP contribution in [0.3, 0.4) is 0 Å². The van der Waals surface area contributed by atoms with E-state index in [-0.39, 0.29) is 0 Å². The molecule has 0 aliphatic rings. The average Bonchev–Trinajstić information content (AvgIpc) is 2.22. The van der Waals surface area contributed by atoms with E-state index in [1.165, 1.54) is 14.2 Å². The quantitative estimate of drug-likeness (QED) is 0.381. The molecule has 0 N–H and O–H groups in total. The Bertz CT molecular complexity index is 177. The minimum Gasteiger partial charge on any atom is -0.468 e. The van der Waals surface area contributed by atoms with E-state index in [9.17, 15) is 9.59 Å². The van der Waals surface area contributed by atoms with Crippen molar-refractivity contribution < 1.29 is 19.1 Å². The Kier molecular flexibility index (Phi) is 7.28. The Balaban J connectivity index is 4.11. The maximum absolute atomic E-state index is 11.2. The number of carbonyl (C=O) groups is 2. The zero-order chi connectivity index (χ0) is 11.0. The van der Waals surface area contributed by atoms with Crippen molar-refractivity contribution in [3.8, 4) is 0 Å². The van der Waals surface area contributed by atoms with Crippen molar-refractivity contribution in [2.45, 2.75) is 12.8 Å². The number of esters is 2. The Morgan fingerprint density at radius 2 is 1.71 bits per heavy atom. The van der Waals surface area contributed by atoms with Crippen LogP contribution in [0.4, 0.5) is 0 Å². The first-order chi connectivity index (χ1) is 6.67. The number of rotatable bonds is 6. The summed E-state index contributed by atoms with van der Waals surface area (Å²) in [5, 5.41) is 0. The lowest BCUT2D eigenvalue weighted by Crippen LogP contribution is -2.26. The fourth-order valence-corrected chi connectivity index (χ4v) is 1.50. The van der Waals surface area contributed by atoms with Crippen molar-refractivity contribution in [1.82, 2.24) is 0 Å². The average molecular weight is 220 g/mol. The van der Waals surface area contributed by atoms with Crippen LogP contribution in [0.25, 0.3) is 0 Å². The molecule has 0 rings (SSSR count). The van der Waals surface area contributed by atoms with E-state index in [4.69, 9.17) is 0 Å². The number of hydrogen-bond acceptors (Lipinski definition) is 5. The predicted molar refractivity (Wildman–Crippen MR) is 55.1 cm³/mol. The molecule has 5 heteroatoms. The number of thioether (sulfide) groups is 1. The molecule has 0 atom stereocenters. The van der Waals surface area contributed by atoms with Crippen LogP contribution < -0.4 is 0 Å². The maximum atomic E-state index is 11.2. The second-order valence-corrected chi connectivity index (χ2v) is 3.72. The molecular formula is C9H16O4S. The SMILES string of the molecule is COC(=O)C(CCCSC)C(=O)OC. The van der Waals surface area contributed by atoms with Gasteiger partial charge in [0.1, 0.15) is 0 Å². The molecule has 0 aromatic rings. The number of hydrogen-bond donors (Lipinski definition) is 0. The molecule has 0 aromatic heterocycles. The number of ether oxygens (including phenoxy) is 2. The molecule has 82 valence electrons. The molecule has 0 heterocycles. The van der Waals surface area contributed by atoms with Gasteiger partial charge in [-0.25, -0.2) is 0 Å². The summed E-state index contributed by atoms with van der Waals surface area (Å²) in [7, 11) is 2.54. The first-order valence-electron chi connectivity index (χ1n) is 4.32. The van der Waals surface area contributed by atoms with Gasteiger partial charge >= 0.3 is 11.9 Å². The summed E-state index contributed by atoms with van der Waals surface area (Å²) in [6.07, 6.45) is 3.27. The normalized spacial score (nSPS) is 10.0. The fourth-order valence-electron chi connectivity index (χ4n) is 1.05. The minimum absolute atomic E-state index is 0.486. The lowest BCUT2D eigenvalue weighted by Gasteiger charge is -2.11. The van der Waals surface area contributed by atoms with Crippen molar-refractivity contribution in [3.05, 3.63) is 0 Å². The van der Waals surface area contributed by atoms with Crippen LogP contribution in [-0.4, -0.2) is 38.2 Å². The standard InChI is InChI=1S/C9H16O4S/c1-12-8(10)7(9(11)13-2)5-4-6-14-3/h7H,4-6H2,1-3H3. The molecule has 0 aromatic carbocycles. The van der Waals surface area contributed by atoms with E-state index in [0.29, 0.717) is 6.42 Å². The summed E-state index contributed by atoms with van der Waals surface area (Å²) >= 11 is 1.68. The predicted octanol–water partition coefficient (Wildman–Crippen LogP) is 1.09. The highest BCUT2D eigenvalue weighted by atomic mass is 32.2. The van der Waals surface area contributed by atoms with Crippen LogP contribution >= 0.6 is 11.8 Å². The van der Waals surface area contributed by atoms with E-state index in [1.54, 1.807) is 11.8 Å². The Morgan fingerprint density at radius 3 is 2.07 bits per heavy atom. The molecule has 0 saturated carbocycles. The van der Waals surface area contributed by atoms with E-state index in [1.807, 2.05) is 6.26 Å². The van der Waals surface area contributed by atoms with Crippen LogP contribution in [0, 0.1) is 5.92 Å². The lowest BCUT2D eigenvalue weighted by atomic mass is 10.0. The van der Waals surface area contributed by atoms with Gasteiger partial charge in [0, 0.05) is 0 Å². The van der Waals surface area contributed by atoms with E-state index in [2.05, 4.69) is 9.47 Å². The minimum atomic E-state index is -0.767. The van der Waals surface area contributed by atoms with Crippen molar-refractivity contribution in [2.75, 3.05) is 26.2 Å². The van der Waals surface area contributed by atoms with Gasteiger partial charge in [0.05, 0.1) is 14.2 Å². The molecule has 0 aliphatic heterocycles. The Labute approximate surface area is 88.3 Å². The summed E-state index contributed by atoms with van der Waals surface area (Å²) in [5.74, 6) is -0.877. The topological polar surface area (TPSA) is 52.6 Å². The van der Waals surface area contributed by atoms with Crippen LogP contribution in [0.5, 0.6) is 0 Å². The maximum Gasteiger partial charge on any atom is 0.320 e. The van der Waals surface area contributed by atoms with Gasteiger partial charge in [0.15, 0.2) is 5.92 Å². The summed E-state index contributed by atoms with van der Waals surface area (Å²) in [6, 6.07) is 0. The van der Waals surface area contributed by atoms with Crippen molar-refractivity contribution in [2.24, 2.45) is 5.92 Å². The summed E-state index contributed by atoms with van der Waals surface area (Å²) in [5.41, 5.74) is 0. The van der Waals surface area contributed by atoms with Gasteiger partial charge in [0.2, 0.25) is 0 Å². The van der Waals surface area contributed by atoms with E-state index in [0.717, 1.165) is 12.2 Å². The molecule has 0 saturated heterocycles. The van der Waals surface area contributed by atoms with Gasteiger partial charge in [-0.05, 0) is 24.9 Å². The van der Waals surface area contributed by atoms with Gasteiger partial charge in [-0.1, -0.05) is 0 Å². The van der Waals surface area contributed by atoms with Crippen LogP contribution in [0.15, 0.2) is 0 Å². The summed E-state index contributed by atoms with van der Waals surface area (Å²) in [4.78, 5) is 22.4. The number of carbonyl (C=O) groups excluding carboxylic acids is 2. The van der Waals surface area contributed by atoms with Crippen molar-refractivity contribution >= 4 is 23.7 Å². The second kappa shape index (κ2) is 7.67. The molecule has 0 spiro atoms. The molecule has 0 amide bonds. The molecule has 14 heavy (non-hydrogen) atoms. The number of methoxy groups -OCH3 is 2. The smallest absolute Gasteiger partial charge is 0.320 e. The third-order valence-corrected chi connectivity index (χ3v) is 2.51. The molecular weight excluding hydrogens is 204 g/mol. The lowest BCUT2D eigenvalue weighted by molar-refractivity contribution is -0.159. The Hall–Kier alpha value is -0.710. The highest BCUT2D eigenvalue weighted by Crippen LogP contribution is 2.12. The van der Waals surface area contributed by atoms with E-state index >= 15 is 0 Å². The second-order valence-electron chi connectivity index (χ2n) is 2.73. The zero-order valence-corrected chi connectivity index (χ0v) is 9.56. The van der Waals surface area contributed by atoms with Crippen molar-refractivity contribution in [1.29, 1.82) is 0 Å². The highest BCUT2D eigenvalue weighted by Gasteiger charge is 2.27. The monoisotopic (exact) mass is 220 g/mol. The van der Waals surface area contributed by atoms with Gasteiger partial charge < -0.3 is 9.47 Å². The van der Waals surface area contributed by atoms with Gasteiger partial charge in [-0.3, -0.25) is 9.59 Å². The van der Waals surface area contributed by atoms with Crippen LogP contribution in [-0.2, 0) is 19.1 Å². The Morgan fingerprint density at radius 1 is 1.21 bits per heavy atom. The molecule has 0 fully saturated rings. The van der Waals surface area contributed by atoms with Crippen LogP contribution in [0.1, 0.15) is 12.8 Å². The van der Waals surface area contributed by atoms with E-state index < -0.39 is 17.9 Å². The first-order valence-corrected chi connectivity index (χ1v) is 5.71.